The minimum atomic E-state index is -0.0749. The molecule has 0 N–H and O–H groups in total. The third kappa shape index (κ3) is 1.87. The molecule has 0 aromatic heterocycles. The predicted molar refractivity (Wildman–Crippen MR) is 79.6 cm³/mol. The monoisotopic (exact) mass is 281 g/mol. The smallest absolute Gasteiger partial charge is 0.259 e. The van der Waals surface area contributed by atoms with Crippen molar-refractivity contribution in [3.63, 3.8) is 0 Å². The average molecular weight is 281 g/mol. The Labute approximate surface area is 122 Å². The van der Waals surface area contributed by atoms with Crippen LogP contribution in [-0.4, -0.2) is 31.4 Å². The van der Waals surface area contributed by atoms with Gasteiger partial charge in [0.05, 0.1) is 18.8 Å². The summed E-state index contributed by atoms with van der Waals surface area (Å²) < 4.78 is 5.26. The normalized spacial score (nSPS) is 20.5. The fraction of sp³-hybridized carbons (Fsp3) is 0.294. The van der Waals surface area contributed by atoms with Gasteiger partial charge in [-0.15, -0.1) is 0 Å². The van der Waals surface area contributed by atoms with Gasteiger partial charge in [-0.25, -0.2) is 0 Å². The van der Waals surface area contributed by atoms with Crippen molar-refractivity contribution in [2.75, 3.05) is 24.7 Å². The molecule has 4 rings (SSSR count). The highest BCUT2D eigenvalue weighted by atomic mass is 16.5. The van der Waals surface area contributed by atoms with Crippen LogP contribution in [0.15, 0.2) is 36.4 Å². The average Bonchev–Trinajstić information content (AvgIpc) is 3.12. The van der Waals surface area contributed by atoms with Crippen molar-refractivity contribution in [1.29, 1.82) is 0 Å². The molecule has 2 heterocycles. The molecule has 1 unspecified atom stereocenters. The Morgan fingerprint density at radius 1 is 1.24 bits per heavy atom. The first-order valence-corrected chi connectivity index (χ1v) is 7.20. The summed E-state index contributed by atoms with van der Waals surface area (Å²) in [5.74, 6) is -0.0551. The largest absolute Gasteiger partial charge is 0.381 e. The fourth-order valence-electron chi connectivity index (χ4n) is 3.21. The Kier molecular flexibility index (Phi) is 2.79. The molecule has 0 saturated carbocycles. The molecule has 106 valence electrons. The molecule has 2 aliphatic rings. The van der Waals surface area contributed by atoms with E-state index in [1.165, 1.54) is 0 Å². The number of ether oxygens (including phenoxy) is 1. The van der Waals surface area contributed by atoms with Gasteiger partial charge in [-0.1, -0.05) is 24.3 Å². The highest BCUT2D eigenvalue weighted by molar-refractivity contribution is 6.26. The van der Waals surface area contributed by atoms with Gasteiger partial charge in [-0.05, 0) is 23.9 Å². The number of nitrogens with zero attached hydrogens (tertiary/aromatic N) is 1. The molecule has 1 atom stereocenters. The Bertz CT molecular complexity index is 742. The molecule has 1 amide bonds. The van der Waals surface area contributed by atoms with Gasteiger partial charge in [0.1, 0.15) is 0 Å². The second-order valence-corrected chi connectivity index (χ2v) is 5.60. The fourth-order valence-corrected chi connectivity index (χ4v) is 3.21. The van der Waals surface area contributed by atoms with Gasteiger partial charge < -0.3 is 9.64 Å². The zero-order valence-electron chi connectivity index (χ0n) is 11.5. The van der Waals surface area contributed by atoms with Crippen LogP contribution in [-0.2, 0) is 9.53 Å². The van der Waals surface area contributed by atoms with E-state index in [-0.39, 0.29) is 24.2 Å². The number of hydrogen-bond donors (Lipinski definition) is 0. The first-order valence-electron chi connectivity index (χ1n) is 7.20. The Morgan fingerprint density at radius 3 is 2.81 bits per heavy atom. The maximum absolute atomic E-state index is 12.6. The Balaban J connectivity index is 1.70. The van der Waals surface area contributed by atoms with Crippen LogP contribution in [0.3, 0.4) is 0 Å². The zero-order valence-corrected chi connectivity index (χ0v) is 11.5. The first kappa shape index (κ1) is 12.5. The minimum absolute atomic E-state index is 0.0688. The van der Waals surface area contributed by atoms with Gasteiger partial charge in [0.2, 0.25) is 0 Å². The van der Waals surface area contributed by atoms with E-state index in [1.807, 2.05) is 36.4 Å². The highest BCUT2D eigenvalue weighted by Crippen LogP contribution is 2.37. The maximum atomic E-state index is 12.6. The van der Waals surface area contributed by atoms with Gasteiger partial charge in [-0.3, -0.25) is 9.59 Å². The zero-order chi connectivity index (χ0) is 14.4. The molecule has 0 radical (unpaired) electrons. The van der Waals surface area contributed by atoms with Crippen molar-refractivity contribution in [3.05, 3.63) is 42.0 Å². The molecule has 1 saturated heterocycles. The van der Waals surface area contributed by atoms with Crippen molar-refractivity contribution < 1.29 is 14.3 Å². The summed E-state index contributed by atoms with van der Waals surface area (Å²) in [5.41, 5.74) is 1.54. The molecule has 2 aromatic carbocycles. The lowest BCUT2D eigenvalue weighted by Crippen LogP contribution is -2.35. The van der Waals surface area contributed by atoms with E-state index in [9.17, 15) is 9.59 Å². The van der Waals surface area contributed by atoms with E-state index >= 15 is 0 Å². The van der Waals surface area contributed by atoms with Gasteiger partial charge in [0.15, 0.2) is 5.78 Å². The number of carbonyl (C=O) groups excluding carboxylic acids is 2. The van der Waals surface area contributed by atoms with Crippen LogP contribution in [0.25, 0.3) is 10.8 Å². The molecule has 0 spiro atoms. The third-order valence-corrected chi connectivity index (χ3v) is 4.35. The molecular weight excluding hydrogens is 266 g/mol. The molecular formula is C17H15NO3. The molecule has 4 nitrogen and oxygen atoms in total. The molecule has 2 aliphatic heterocycles. The number of ketones is 1. The number of rotatable bonds is 3. The van der Waals surface area contributed by atoms with E-state index in [0.717, 1.165) is 22.9 Å². The summed E-state index contributed by atoms with van der Waals surface area (Å²) in [6.07, 6.45) is 0.762. The van der Waals surface area contributed by atoms with Crippen molar-refractivity contribution in [3.8, 4) is 0 Å². The predicted octanol–water partition coefficient (Wildman–Crippen LogP) is 2.41. The maximum Gasteiger partial charge on any atom is 0.259 e. The van der Waals surface area contributed by atoms with Crippen LogP contribution in [0, 0.1) is 5.92 Å². The lowest BCUT2D eigenvalue weighted by Gasteiger charge is -2.18. The Hall–Kier alpha value is -2.20. The summed E-state index contributed by atoms with van der Waals surface area (Å²) in [6.45, 7) is 1.26. The number of carbonyl (C=O) groups is 2. The second kappa shape index (κ2) is 4.67. The van der Waals surface area contributed by atoms with Gasteiger partial charge in [0.25, 0.3) is 5.91 Å². The molecule has 2 aromatic rings. The lowest BCUT2D eigenvalue weighted by molar-refractivity contribution is -0.121. The van der Waals surface area contributed by atoms with Crippen LogP contribution >= 0.6 is 0 Å². The minimum Gasteiger partial charge on any atom is -0.381 e. The van der Waals surface area contributed by atoms with Gasteiger partial charge in [0, 0.05) is 23.5 Å². The summed E-state index contributed by atoms with van der Waals surface area (Å²) in [7, 11) is 0. The van der Waals surface area contributed by atoms with Gasteiger partial charge >= 0.3 is 0 Å². The molecule has 1 fully saturated rings. The highest BCUT2D eigenvalue weighted by Gasteiger charge is 2.33. The van der Waals surface area contributed by atoms with Crippen LogP contribution in [0.1, 0.15) is 16.8 Å². The van der Waals surface area contributed by atoms with Gasteiger partial charge in [-0.2, -0.15) is 0 Å². The van der Waals surface area contributed by atoms with Crippen LogP contribution in [0.2, 0.25) is 0 Å². The van der Waals surface area contributed by atoms with Crippen LogP contribution < -0.4 is 4.90 Å². The third-order valence-electron chi connectivity index (χ3n) is 4.35. The molecule has 4 heteroatoms. The first-order chi connectivity index (χ1) is 10.3. The molecule has 0 bridgehead atoms. The summed E-state index contributed by atoms with van der Waals surface area (Å²) >= 11 is 0. The van der Waals surface area contributed by atoms with Crippen molar-refractivity contribution >= 4 is 28.2 Å². The number of benzene rings is 2. The summed E-state index contributed by atoms with van der Waals surface area (Å²) in [5, 5.41) is 2.00. The van der Waals surface area contributed by atoms with Crippen LogP contribution in [0.4, 0.5) is 5.69 Å². The number of anilines is 1. The molecule has 0 aliphatic carbocycles. The molecule has 21 heavy (non-hydrogen) atoms. The lowest BCUT2D eigenvalue weighted by atomic mass is 10.0. The Morgan fingerprint density at radius 2 is 2.05 bits per heavy atom. The number of Topliss-reactive ketones (excluding diaryl/α,β-unsaturated/α-hetero) is 1. The van der Waals surface area contributed by atoms with E-state index in [4.69, 9.17) is 4.74 Å². The number of hydrogen-bond acceptors (Lipinski definition) is 3. The standard InChI is InChI=1S/C17H15NO3/c19-15(12-7-8-21-10-12)9-18-14-6-2-4-11-3-1-5-13(16(11)14)17(18)20/h1-6,12H,7-10H2. The van der Waals surface area contributed by atoms with Crippen LogP contribution in [0.5, 0.6) is 0 Å². The summed E-state index contributed by atoms with van der Waals surface area (Å²) in [6, 6.07) is 11.5. The van der Waals surface area contributed by atoms with E-state index in [0.29, 0.717) is 18.8 Å². The summed E-state index contributed by atoms with van der Waals surface area (Å²) in [4.78, 5) is 26.5. The second-order valence-electron chi connectivity index (χ2n) is 5.60. The quantitative estimate of drug-likeness (QED) is 0.868. The van der Waals surface area contributed by atoms with E-state index in [2.05, 4.69) is 0 Å². The topological polar surface area (TPSA) is 46.6 Å². The number of amides is 1. The van der Waals surface area contributed by atoms with Crippen molar-refractivity contribution in [2.45, 2.75) is 6.42 Å². The van der Waals surface area contributed by atoms with E-state index in [1.54, 1.807) is 4.90 Å². The van der Waals surface area contributed by atoms with Crippen molar-refractivity contribution in [1.82, 2.24) is 0 Å². The van der Waals surface area contributed by atoms with E-state index < -0.39 is 0 Å². The SMILES string of the molecule is O=C(CN1C(=O)c2cccc3cccc1c23)C1CCOC1. The van der Waals surface area contributed by atoms with Crippen molar-refractivity contribution in [2.24, 2.45) is 5.92 Å².